The topological polar surface area (TPSA) is 66.4 Å². The van der Waals surface area contributed by atoms with E-state index in [1.54, 1.807) is 31.2 Å². The van der Waals surface area contributed by atoms with Crippen molar-refractivity contribution in [2.24, 2.45) is 0 Å². The Morgan fingerprint density at radius 1 is 1.35 bits per heavy atom. The number of nitrogens with one attached hydrogen (secondary N) is 1. The van der Waals surface area contributed by atoms with Crippen molar-refractivity contribution in [1.82, 2.24) is 0 Å². The van der Waals surface area contributed by atoms with Gasteiger partial charge in [0.05, 0.1) is 16.3 Å². The lowest BCUT2D eigenvalue weighted by Gasteiger charge is -2.16. The molecule has 0 aromatic heterocycles. The van der Waals surface area contributed by atoms with Crippen molar-refractivity contribution in [2.75, 3.05) is 17.7 Å². The number of aliphatic hydroxyl groups is 1. The first-order valence-electron chi connectivity index (χ1n) is 5.70. The van der Waals surface area contributed by atoms with Crippen LogP contribution in [0.3, 0.4) is 0 Å². The molecule has 96 valence electrons. The Morgan fingerprint density at radius 3 is 2.59 bits per heavy atom. The highest BCUT2D eigenvalue weighted by atomic mass is 32.2. The molecule has 0 spiro atoms. The lowest BCUT2D eigenvalue weighted by atomic mass is 10.2. The molecule has 0 aliphatic carbocycles. The number of sulfone groups is 1. The van der Waals surface area contributed by atoms with E-state index in [1.165, 1.54) is 0 Å². The largest absolute Gasteiger partial charge is 0.396 e. The van der Waals surface area contributed by atoms with Crippen molar-refractivity contribution in [3.63, 3.8) is 0 Å². The number of anilines is 1. The first-order chi connectivity index (χ1) is 8.01. The first-order valence-corrected chi connectivity index (χ1v) is 7.35. The number of benzene rings is 1. The Labute approximate surface area is 103 Å². The van der Waals surface area contributed by atoms with Crippen LogP contribution in [0.1, 0.15) is 20.3 Å². The highest BCUT2D eigenvalue weighted by molar-refractivity contribution is 7.91. The zero-order valence-corrected chi connectivity index (χ0v) is 11.0. The van der Waals surface area contributed by atoms with Gasteiger partial charge in [0.2, 0.25) is 0 Å². The van der Waals surface area contributed by atoms with Crippen LogP contribution in [0.25, 0.3) is 0 Å². The molecular weight excluding hydrogens is 238 g/mol. The molecule has 1 aromatic carbocycles. The van der Waals surface area contributed by atoms with Gasteiger partial charge in [0, 0.05) is 12.6 Å². The summed E-state index contributed by atoms with van der Waals surface area (Å²) in [7, 11) is -3.21. The molecule has 0 saturated carbocycles. The molecule has 1 unspecified atom stereocenters. The molecule has 2 N–H and O–H groups in total. The maximum Gasteiger partial charge on any atom is 0.180 e. The van der Waals surface area contributed by atoms with E-state index in [0.717, 1.165) is 0 Å². The van der Waals surface area contributed by atoms with Gasteiger partial charge in [0.1, 0.15) is 0 Å². The van der Waals surface area contributed by atoms with Crippen molar-refractivity contribution in [3.8, 4) is 0 Å². The van der Waals surface area contributed by atoms with Crippen LogP contribution < -0.4 is 5.32 Å². The van der Waals surface area contributed by atoms with Crippen LogP contribution in [-0.2, 0) is 9.84 Å². The van der Waals surface area contributed by atoms with Gasteiger partial charge in [0.15, 0.2) is 9.84 Å². The molecular formula is C12H19NO3S. The van der Waals surface area contributed by atoms with E-state index in [0.29, 0.717) is 17.0 Å². The predicted octanol–water partition coefficient (Wildman–Crippen LogP) is 1.66. The summed E-state index contributed by atoms with van der Waals surface area (Å²) in [5, 5.41) is 11.9. The predicted molar refractivity (Wildman–Crippen MR) is 69.0 cm³/mol. The molecule has 4 nitrogen and oxygen atoms in total. The van der Waals surface area contributed by atoms with Crippen LogP contribution in [0.4, 0.5) is 5.69 Å². The van der Waals surface area contributed by atoms with Crippen molar-refractivity contribution >= 4 is 15.5 Å². The summed E-state index contributed by atoms with van der Waals surface area (Å²) in [6, 6.07) is 6.89. The van der Waals surface area contributed by atoms with E-state index >= 15 is 0 Å². The van der Waals surface area contributed by atoms with Gasteiger partial charge in [-0.05, 0) is 25.5 Å². The summed E-state index contributed by atoms with van der Waals surface area (Å²) in [5.41, 5.74) is 0.607. The Bertz CT molecular complexity index is 457. The normalized spacial score (nSPS) is 13.4. The number of hydrogen-bond acceptors (Lipinski definition) is 4. The molecule has 0 saturated heterocycles. The Balaban J connectivity index is 3.01. The summed E-state index contributed by atoms with van der Waals surface area (Å²) in [6.07, 6.45) is 0.584. The molecule has 5 heteroatoms. The molecule has 0 heterocycles. The Hall–Kier alpha value is -1.07. The average molecular weight is 257 g/mol. The number of aliphatic hydroxyl groups excluding tert-OH is 1. The lowest BCUT2D eigenvalue weighted by Crippen LogP contribution is -2.18. The smallest absolute Gasteiger partial charge is 0.180 e. The number of rotatable bonds is 6. The fraction of sp³-hybridized carbons (Fsp3) is 0.500. The van der Waals surface area contributed by atoms with Gasteiger partial charge in [-0.2, -0.15) is 0 Å². The average Bonchev–Trinajstić information content (AvgIpc) is 2.30. The van der Waals surface area contributed by atoms with Crippen LogP contribution >= 0.6 is 0 Å². The molecule has 0 amide bonds. The van der Waals surface area contributed by atoms with Crippen molar-refractivity contribution in [2.45, 2.75) is 31.2 Å². The van der Waals surface area contributed by atoms with E-state index in [2.05, 4.69) is 5.32 Å². The second-order valence-electron chi connectivity index (χ2n) is 3.96. The number of para-hydroxylation sites is 1. The fourth-order valence-electron chi connectivity index (χ4n) is 1.54. The van der Waals surface area contributed by atoms with Crippen LogP contribution in [0.2, 0.25) is 0 Å². The van der Waals surface area contributed by atoms with Gasteiger partial charge in [-0.1, -0.05) is 19.1 Å². The third-order valence-corrected chi connectivity index (χ3v) is 4.35. The van der Waals surface area contributed by atoms with E-state index in [9.17, 15) is 8.42 Å². The molecule has 0 bridgehead atoms. The molecule has 0 aliphatic heterocycles. The minimum absolute atomic E-state index is 0.0354. The summed E-state index contributed by atoms with van der Waals surface area (Å²) in [5.74, 6) is 0.0834. The third-order valence-electron chi connectivity index (χ3n) is 2.57. The van der Waals surface area contributed by atoms with Gasteiger partial charge < -0.3 is 10.4 Å². The summed E-state index contributed by atoms with van der Waals surface area (Å²) < 4.78 is 23.7. The highest BCUT2D eigenvalue weighted by Crippen LogP contribution is 2.22. The third kappa shape index (κ3) is 3.71. The maximum atomic E-state index is 11.9. The van der Waals surface area contributed by atoms with Crippen LogP contribution in [0.5, 0.6) is 0 Å². The second-order valence-corrected chi connectivity index (χ2v) is 6.20. The Morgan fingerprint density at radius 2 is 2.00 bits per heavy atom. The first kappa shape index (κ1) is 14.0. The van der Waals surface area contributed by atoms with Gasteiger partial charge in [0.25, 0.3) is 0 Å². The lowest BCUT2D eigenvalue weighted by molar-refractivity contribution is 0.282. The van der Waals surface area contributed by atoms with E-state index in [1.807, 2.05) is 6.92 Å². The molecule has 0 radical (unpaired) electrons. The van der Waals surface area contributed by atoms with E-state index < -0.39 is 9.84 Å². The molecule has 17 heavy (non-hydrogen) atoms. The quantitative estimate of drug-likeness (QED) is 0.813. The SMILES string of the molecule is CCS(=O)(=O)c1ccccc1NC(C)CCO. The standard InChI is InChI=1S/C12H19NO3S/c1-3-17(15,16)12-7-5-4-6-11(12)13-10(2)8-9-14/h4-7,10,13-14H,3,8-9H2,1-2H3. The molecule has 1 aromatic rings. The minimum atomic E-state index is -3.21. The monoisotopic (exact) mass is 257 g/mol. The Kier molecular flexibility index (Phi) is 4.96. The summed E-state index contributed by atoms with van der Waals surface area (Å²) in [4.78, 5) is 0.326. The van der Waals surface area contributed by atoms with Crippen molar-refractivity contribution < 1.29 is 13.5 Å². The maximum absolute atomic E-state index is 11.9. The van der Waals surface area contributed by atoms with Gasteiger partial charge in [-0.15, -0.1) is 0 Å². The van der Waals surface area contributed by atoms with Crippen LogP contribution in [-0.4, -0.2) is 31.9 Å². The van der Waals surface area contributed by atoms with Crippen molar-refractivity contribution in [3.05, 3.63) is 24.3 Å². The molecule has 1 rings (SSSR count). The second kappa shape index (κ2) is 6.02. The zero-order chi connectivity index (χ0) is 12.9. The van der Waals surface area contributed by atoms with Crippen LogP contribution in [0.15, 0.2) is 29.2 Å². The molecule has 1 atom stereocenters. The summed E-state index contributed by atoms with van der Waals surface area (Å²) in [6.45, 7) is 3.62. The van der Waals surface area contributed by atoms with Gasteiger partial charge >= 0.3 is 0 Å². The number of hydrogen-bond donors (Lipinski definition) is 2. The van der Waals surface area contributed by atoms with E-state index in [-0.39, 0.29) is 18.4 Å². The molecule has 0 fully saturated rings. The van der Waals surface area contributed by atoms with Gasteiger partial charge in [-0.3, -0.25) is 0 Å². The van der Waals surface area contributed by atoms with Crippen molar-refractivity contribution in [1.29, 1.82) is 0 Å². The molecule has 0 aliphatic rings. The fourth-order valence-corrected chi connectivity index (χ4v) is 2.60. The highest BCUT2D eigenvalue weighted by Gasteiger charge is 2.16. The van der Waals surface area contributed by atoms with Gasteiger partial charge in [-0.25, -0.2) is 8.42 Å². The zero-order valence-electron chi connectivity index (χ0n) is 10.2. The summed E-state index contributed by atoms with van der Waals surface area (Å²) >= 11 is 0. The van der Waals surface area contributed by atoms with E-state index in [4.69, 9.17) is 5.11 Å². The minimum Gasteiger partial charge on any atom is -0.396 e. The van der Waals surface area contributed by atoms with Crippen LogP contribution in [0, 0.1) is 0 Å².